The first-order chi connectivity index (χ1) is 9.52. The lowest BCUT2D eigenvalue weighted by Gasteiger charge is -2.28. The van der Waals surface area contributed by atoms with Crippen LogP contribution in [-0.2, 0) is 0 Å². The van der Waals surface area contributed by atoms with Crippen LogP contribution in [0.4, 0.5) is 17.3 Å². The van der Waals surface area contributed by atoms with Crippen LogP contribution in [0.25, 0.3) is 0 Å². The molecule has 1 aromatic rings. The highest BCUT2D eigenvalue weighted by atomic mass is 16.3. The Bertz CT molecular complexity index is 455. The van der Waals surface area contributed by atoms with Crippen molar-refractivity contribution >= 4 is 17.3 Å². The minimum Gasteiger partial charge on any atom is -0.396 e. The van der Waals surface area contributed by atoms with E-state index in [1.165, 1.54) is 0 Å². The average molecular weight is 282 g/mol. The lowest BCUT2D eigenvalue weighted by atomic mass is 10.1. The molecule has 1 saturated heterocycles. The monoisotopic (exact) mass is 282 g/mol. The van der Waals surface area contributed by atoms with E-state index in [4.69, 9.17) is 10.8 Å². The third kappa shape index (κ3) is 3.12. The van der Waals surface area contributed by atoms with Gasteiger partial charge in [0.15, 0.2) is 5.82 Å². The van der Waals surface area contributed by atoms with Crippen molar-refractivity contribution in [2.75, 3.05) is 35.6 Å². The molecule has 6 N–H and O–H groups in total. The highest BCUT2D eigenvalue weighted by Gasteiger charge is 2.34. The Labute approximate surface area is 118 Å². The molecule has 0 amide bonds. The first kappa shape index (κ1) is 14.8. The molecular weight excluding hydrogens is 260 g/mol. The summed E-state index contributed by atoms with van der Waals surface area (Å²) in [6, 6.07) is 3.34. The molecule has 7 heteroatoms. The van der Waals surface area contributed by atoms with Gasteiger partial charge in [-0.05, 0) is 25.5 Å². The van der Waals surface area contributed by atoms with Gasteiger partial charge < -0.3 is 31.3 Å². The zero-order valence-electron chi connectivity index (χ0n) is 11.5. The number of pyridine rings is 1. The van der Waals surface area contributed by atoms with Gasteiger partial charge in [0.2, 0.25) is 0 Å². The minimum atomic E-state index is -0.555. The van der Waals surface area contributed by atoms with E-state index in [0.717, 1.165) is 0 Å². The van der Waals surface area contributed by atoms with Crippen molar-refractivity contribution in [3.05, 3.63) is 12.1 Å². The van der Waals surface area contributed by atoms with E-state index in [2.05, 4.69) is 10.3 Å². The summed E-state index contributed by atoms with van der Waals surface area (Å²) in [5, 5.41) is 31.4. The summed E-state index contributed by atoms with van der Waals surface area (Å²) in [4.78, 5) is 6.30. The summed E-state index contributed by atoms with van der Waals surface area (Å²) >= 11 is 0. The van der Waals surface area contributed by atoms with Gasteiger partial charge in [-0.1, -0.05) is 0 Å². The van der Waals surface area contributed by atoms with Crippen LogP contribution in [0.2, 0.25) is 0 Å². The Morgan fingerprint density at radius 3 is 2.95 bits per heavy atom. The molecule has 3 atom stereocenters. The third-order valence-corrected chi connectivity index (χ3v) is 3.49. The molecule has 2 rings (SSSR count). The van der Waals surface area contributed by atoms with Gasteiger partial charge in [-0.15, -0.1) is 0 Å². The number of aliphatic hydroxyl groups is 3. The molecule has 1 aromatic heterocycles. The summed E-state index contributed by atoms with van der Waals surface area (Å²) in [5.74, 6) is 1.16. The molecule has 2 heterocycles. The Kier molecular flexibility index (Phi) is 4.64. The second-order valence-electron chi connectivity index (χ2n) is 5.11. The number of rotatable bonds is 5. The van der Waals surface area contributed by atoms with Crippen LogP contribution < -0.4 is 16.0 Å². The van der Waals surface area contributed by atoms with Crippen molar-refractivity contribution in [3.63, 3.8) is 0 Å². The minimum absolute atomic E-state index is 0.00985. The molecule has 3 unspecified atom stereocenters. The molecule has 0 saturated carbocycles. The molecule has 112 valence electrons. The van der Waals surface area contributed by atoms with Crippen molar-refractivity contribution in [2.24, 2.45) is 0 Å². The highest BCUT2D eigenvalue weighted by molar-refractivity contribution is 5.65. The first-order valence-electron chi connectivity index (χ1n) is 6.77. The fourth-order valence-corrected chi connectivity index (χ4v) is 2.50. The Balaban J connectivity index is 2.23. The topological polar surface area (TPSA) is 115 Å². The van der Waals surface area contributed by atoms with Crippen molar-refractivity contribution < 1.29 is 15.3 Å². The van der Waals surface area contributed by atoms with Crippen molar-refractivity contribution in [1.82, 2.24) is 4.98 Å². The zero-order valence-corrected chi connectivity index (χ0v) is 11.5. The molecule has 0 spiro atoms. The standard InChI is InChI=1S/C13H22N4O3/c1-8(19)11-6-9(20)7-17(11)12-3-2-10(14)13(16-12)15-4-5-18/h2-3,8-9,11,18-20H,4-7,14H2,1H3,(H,15,16). The molecular formula is C13H22N4O3. The van der Waals surface area contributed by atoms with Crippen LogP contribution in [0.3, 0.4) is 0 Å². The number of anilines is 3. The smallest absolute Gasteiger partial charge is 0.151 e. The molecule has 0 aliphatic carbocycles. The number of hydrogen-bond acceptors (Lipinski definition) is 7. The summed E-state index contributed by atoms with van der Waals surface area (Å²) < 4.78 is 0. The van der Waals surface area contributed by atoms with E-state index in [9.17, 15) is 10.2 Å². The van der Waals surface area contributed by atoms with Gasteiger partial charge in [-0.25, -0.2) is 4.98 Å². The van der Waals surface area contributed by atoms with Crippen LogP contribution in [0.15, 0.2) is 12.1 Å². The predicted molar refractivity (Wildman–Crippen MR) is 77.7 cm³/mol. The van der Waals surface area contributed by atoms with Gasteiger partial charge in [-0.2, -0.15) is 0 Å². The van der Waals surface area contributed by atoms with E-state index in [1.807, 2.05) is 4.90 Å². The maximum atomic E-state index is 9.81. The number of nitrogens with two attached hydrogens (primary N) is 1. The number of nitrogen functional groups attached to an aromatic ring is 1. The largest absolute Gasteiger partial charge is 0.396 e. The van der Waals surface area contributed by atoms with Gasteiger partial charge in [-0.3, -0.25) is 0 Å². The highest BCUT2D eigenvalue weighted by Crippen LogP contribution is 2.29. The Hall–Kier alpha value is -1.57. The maximum Gasteiger partial charge on any atom is 0.151 e. The van der Waals surface area contributed by atoms with Gasteiger partial charge in [0.25, 0.3) is 0 Å². The van der Waals surface area contributed by atoms with E-state index in [-0.39, 0.29) is 12.6 Å². The molecule has 20 heavy (non-hydrogen) atoms. The van der Waals surface area contributed by atoms with E-state index in [0.29, 0.717) is 36.8 Å². The predicted octanol–water partition coefficient (Wildman–Crippen LogP) is -0.612. The van der Waals surface area contributed by atoms with Crippen LogP contribution in [0.5, 0.6) is 0 Å². The molecule has 0 aromatic carbocycles. The summed E-state index contributed by atoms with van der Waals surface area (Å²) in [7, 11) is 0. The summed E-state index contributed by atoms with van der Waals surface area (Å²) in [6.45, 7) is 2.50. The van der Waals surface area contributed by atoms with Gasteiger partial charge in [0.05, 0.1) is 30.5 Å². The molecule has 0 radical (unpaired) electrons. The lowest BCUT2D eigenvalue weighted by molar-refractivity contribution is 0.144. The zero-order chi connectivity index (χ0) is 14.7. The maximum absolute atomic E-state index is 9.81. The number of aliphatic hydroxyl groups excluding tert-OH is 3. The first-order valence-corrected chi connectivity index (χ1v) is 6.77. The Morgan fingerprint density at radius 1 is 1.55 bits per heavy atom. The third-order valence-electron chi connectivity index (χ3n) is 3.49. The van der Waals surface area contributed by atoms with Crippen molar-refractivity contribution in [1.29, 1.82) is 0 Å². The van der Waals surface area contributed by atoms with Crippen LogP contribution in [0.1, 0.15) is 13.3 Å². The number of β-amino-alcohol motifs (C(OH)–C–C–N with tert-alkyl or cyclic N) is 1. The fraction of sp³-hybridized carbons (Fsp3) is 0.615. The number of hydrogen-bond donors (Lipinski definition) is 5. The van der Waals surface area contributed by atoms with E-state index >= 15 is 0 Å². The van der Waals surface area contributed by atoms with Crippen LogP contribution >= 0.6 is 0 Å². The quantitative estimate of drug-likeness (QED) is 0.489. The van der Waals surface area contributed by atoms with Crippen LogP contribution in [-0.4, -0.2) is 58.2 Å². The van der Waals surface area contributed by atoms with Crippen LogP contribution in [0, 0.1) is 0 Å². The molecule has 7 nitrogen and oxygen atoms in total. The normalized spacial score (nSPS) is 23.9. The molecule has 0 bridgehead atoms. The molecule has 1 aliphatic rings. The van der Waals surface area contributed by atoms with Gasteiger partial charge in [0, 0.05) is 13.1 Å². The average Bonchev–Trinajstić information content (AvgIpc) is 2.80. The second-order valence-corrected chi connectivity index (χ2v) is 5.11. The number of nitrogens with one attached hydrogen (secondary N) is 1. The van der Waals surface area contributed by atoms with Crippen molar-refractivity contribution in [2.45, 2.75) is 31.6 Å². The fourth-order valence-electron chi connectivity index (χ4n) is 2.50. The Morgan fingerprint density at radius 2 is 2.30 bits per heavy atom. The van der Waals surface area contributed by atoms with Gasteiger partial charge in [0.1, 0.15) is 5.82 Å². The molecule has 1 aliphatic heterocycles. The lowest BCUT2D eigenvalue weighted by Crippen LogP contribution is -2.38. The molecule has 1 fully saturated rings. The second kappa shape index (κ2) is 6.25. The van der Waals surface area contributed by atoms with Gasteiger partial charge >= 0.3 is 0 Å². The number of aromatic nitrogens is 1. The summed E-state index contributed by atoms with van der Waals surface area (Å²) in [5.41, 5.74) is 6.32. The van der Waals surface area contributed by atoms with E-state index < -0.39 is 12.2 Å². The SMILES string of the molecule is CC(O)C1CC(O)CN1c1ccc(N)c(NCCO)n1. The van der Waals surface area contributed by atoms with Crippen molar-refractivity contribution in [3.8, 4) is 0 Å². The number of nitrogens with zero attached hydrogens (tertiary/aromatic N) is 2. The van der Waals surface area contributed by atoms with E-state index in [1.54, 1.807) is 19.1 Å². The summed E-state index contributed by atoms with van der Waals surface area (Å²) in [6.07, 6.45) is -0.508.